The van der Waals surface area contributed by atoms with Crippen molar-refractivity contribution in [3.8, 4) is 11.4 Å². The van der Waals surface area contributed by atoms with E-state index in [9.17, 15) is 14.3 Å². The lowest BCUT2D eigenvalue weighted by Crippen LogP contribution is -2.32. The highest BCUT2D eigenvalue weighted by Gasteiger charge is 2.39. The van der Waals surface area contributed by atoms with Crippen molar-refractivity contribution in [2.45, 2.75) is 6.92 Å². The van der Waals surface area contributed by atoms with Gasteiger partial charge in [-0.1, -0.05) is 0 Å². The molecule has 2 saturated heterocycles. The lowest BCUT2D eigenvalue weighted by atomic mass is 10.0. The summed E-state index contributed by atoms with van der Waals surface area (Å²) in [6, 6.07) is 4.30. The van der Waals surface area contributed by atoms with E-state index in [0.717, 1.165) is 13.1 Å². The second-order valence-electron chi connectivity index (χ2n) is 6.63. The van der Waals surface area contributed by atoms with Gasteiger partial charge in [-0.05, 0) is 42.5 Å². The summed E-state index contributed by atoms with van der Waals surface area (Å²) in [5.74, 6) is 0.232. The van der Waals surface area contributed by atoms with E-state index >= 15 is 0 Å². The van der Waals surface area contributed by atoms with Gasteiger partial charge in [0.05, 0.1) is 11.9 Å². The number of nitrogens with one attached hydrogen (secondary N) is 1. The molecule has 0 spiro atoms. The average molecular weight is 367 g/mol. The van der Waals surface area contributed by atoms with Gasteiger partial charge in [0.1, 0.15) is 5.82 Å². The van der Waals surface area contributed by atoms with Crippen molar-refractivity contribution in [2.24, 2.45) is 11.8 Å². The van der Waals surface area contributed by atoms with Crippen molar-refractivity contribution in [2.75, 3.05) is 26.2 Å². The SMILES string of the molecule is Cc1cc(F)ccc1-n1cc(O)c(C(=O)N2C[C@H]3CNC[C@H]3C2)n1.Cl. The number of carbonyl (C=O) groups is 1. The zero-order chi connectivity index (χ0) is 16.8. The van der Waals surface area contributed by atoms with Crippen molar-refractivity contribution in [1.82, 2.24) is 20.0 Å². The van der Waals surface area contributed by atoms with Gasteiger partial charge < -0.3 is 15.3 Å². The lowest BCUT2D eigenvalue weighted by molar-refractivity contribution is 0.0772. The van der Waals surface area contributed by atoms with E-state index in [2.05, 4.69) is 10.4 Å². The molecule has 4 rings (SSSR count). The van der Waals surface area contributed by atoms with E-state index in [-0.39, 0.29) is 35.6 Å². The summed E-state index contributed by atoms with van der Waals surface area (Å²) in [6.07, 6.45) is 1.39. The molecule has 0 radical (unpaired) electrons. The van der Waals surface area contributed by atoms with E-state index < -0.39 is 0 Å². The van der Waals surface area contributed by atoms with Gasteiger partial charge in [-0.15, -0.1) is 12.4 Å². The highest BCUT2D eigenvalue weighted by atomic mass is 35.5. The standard InChI is InChI=1S/C17H19FN4O2.ClH/c1-10-4-13(18)2-3-14(10)22-9-15(23)16(20-22)17(24)21-7-11-5-19-6-12(11)8-21;/h2-4,9,11-12,19,23H,5-8H2,1H3;1H/t11-,12+;. The van der Waals surface area contributed by atoms with Crippen LogP contribution in [0.3, 0.4) is 0 Å². The molecule has 0 saturated carbocycles. The number of aryl methyl sites for hydroxylation is 1. The van der Waals surface area contributed by atoms with Crippen molar-refractivity contribution in [3.05, 3.63) is 41.5 Å². The molecule has 25 heavy (non-hydrogen) atoms. The fraction of sp³-hybridized carbons (Fsp3) is 0.412. The topological polar surface area (TPSA) is 70.4 Å². The van der Waals surface area contributed by atoms with Crippen LogP contribution in [-0.2, 0) is 0 Å². The molecule has 2 aromatic rings. The fourth-order valence-electron chi connectivity index (χ4n) is 3.69. The lowest BCUT2D eigenvalue weighted by Gasteiger charge is -2.16. The summed E-state index contributed by atoms with van der Waals surface area (Å²) in [4.78, 5) is 14.5. The molecule has 1 amide bonds. The van der Waals surface area contributed by atoms with Crippen LogP contribution in [0.2, 0.25) is 0 Å². The minimum atomic E-state index is -0.332. The van der Waals surface area contributed by atoms with Gasteiger partial charge in [-0.3, -0.25) is 4.79 Å². The minimum Gasteiger partial charge on any atom is -0.504 e. The summed E-state index contributed by atoms with van der Waals surface area (Å²) >= 11 is 0. The van der Waals surface area contributed by atoms with Crippen LogP contribution in [0.1, 0.15) is 16.1 Å². The third kappa shape index (κ3) is 3.09. The third-order valence-corrected chi connectivity index (χ3v) is 4.98. The highest BCUT2D eigenvalue weighted by Crippen LogP contribution is 2.29. The second kappa shape index (κ2) is 6.65. The molecule has 2 fully saturated rings. The van der Waals surface area contributed by atoms with Gasteiger partial charge in [-0.2, -0.15) is 5.10 Å². The zero-order valence-corrected chi connectivity index (χ0v) is 14.6. The maximum absolute atomic E-state index is 13.2. The number of amides is 1. The number of carbonyl (C=O) groups excluding carboxylic acids is 1. The Morgan fingerprint density at radius 1 is 1.32 bits per heavy atom. The first-order valence-electron chi connectivity index (χ1n) is 8.08. The van der Waals surface area contributed by atoms with Gasteiger partial charge in [0.2, 0.25) is 0 Å². The molecule has 0 bridgehead atoms. The van der Waals surface area contributed by atoms with Gasteiger partial charge >= 0.3 is 0 Å². The van der Waals surface area contributed by atoms with Crippen LogP contribution in [0.5, 0.6) is 5.75 Å². The Labute approximate surface area is 151 Å². The Hall–Kier alpha value is -2.12. The van der Waals surface area contributed by atoms with Gasteiger partial charge in [0.25, 0.3) is 5.91 Å². The smallest absolute Gasteiger partial charge is 0.278 e. The second-order valence-corrected chi connectivity index (χ2v) is 6.63. The summed E-state index contributed by atoms with van der Waals surface area (Å²) in [6.45, 7) is 5.01. The molecule has 6 nitrogen and oxygen atoms in total. The molecule has 2 aliphatic heterocycles. The Morgan fingerprint density at radius 3 is 2.64 bits per heavy atom. The number of rotatable bonds is 2. The maximum atomic E-state index is 13.2. The van der Waals surface area contributed by atoms with E-state index in [0.29, 0.717) is 36.2 Å². The summed E-state index contributed by atoms with van der Waals surface area (Å²) in [5, 5.41) is 17.7. The van der Waals surface area contributed by atoms with Crippen LogP contribution in [0.25, 0.3) is 5.69 Å². The van der Waals surface area contributed by atoms with E-state index in [1.54, 1.807) is 17.9 Å². The summed E-state index contributed by atoms with van der Waals surface area (Å²) in [7, 11) is 0. The Kier molecular flexibility index (Phi) is 4.71. The molecule has 0 aliphatic carbocycles. The molecule has 2 atom stereocenters. The van der Waals surface area contributed by atoms with E-state index in [4.69, 9.17) is 0 Å². The predicted octanol–water partition coefficient (Wildman–Crippen LogP) is 1.74. The highest BCUT2D eigenvalue weighted by molar-refractivity contribution is 5.95. The van der Waals surface area contributed by atoms with E-state index in [1.165, 1.54) is 23.0 Å². The molecule has 134 valence electrons. The fourth-order valence-corrected chi connectivity index (χ4v) is 3.69. The molecular formula is C17H20ClFN4O2. The average Bonchev–Trinajstić information content (AvgIpc) is 3.20. The normalized spacial score (nSPS) is 21.9. The first kappa shape index (κ1) is 17.7. The Morgan fingerprint density at radius 2 is 2.00 bits per heavy atom. The number of hydrogen-bond donors (Lipinski definition) is 2. The number of nitrogens with zero attached hydrogens (tertiary/aromatic N) is 3. The number of fused-ring (bicyclic) bond motifs is 1. The molecule has 1 aromatic heterocycles. The Balaban J connectivity index is 0.00000182. The van der Waals surface area contributed by atoms with Crippen LogP contribution in [-0.4, -0.2) is 51.9 Å². The predicted molar refractivity (Wildman–Crippen MR) is 92.9 cm³/mol. The molecule has 2 N–H and O–H groups in total. The molecule has 1 aromatic carbocycles. The Bertz CT molecular complexity index is 798. The minimum absolute atomic E-state index is 0. The zero-order valence-electron chi connectivity index (χ0n) is 13.8. The molecule has 3 heterocycles. The summed E-state index contributed by atoms with van der Waals surface area (Å²) in [5.41, 5.74) is 1.36. The third-order valence-electron chi connectivity index (χ3n) is 4.98. The number of aromatic hydroxyl groups is 1. The molecule has 2 aliphatic rings. The quantitative estimate of drug-likeness (QED) is 0.849. The number of likely N-dealkylation sites (tertiary alicyclic amines) is 1. The molecule has 0 unspecified atom stereocenters. The first-order chi connectivity index (χ1) is 11.5. The van der Waals surface area contributed by atoms with Gasteiger partial charge in [0.15, 0.2) is 11.4 Å². The number of aromatic nitrogens is 2. The van der Waals surface area contributed by atoms with Crippen molar-refractivity contribution < 1.29 is 14.3 Å². The monoisotopic (exact) mass is 366 g/mol. The largest absolute Gasteiger partial charge is 0.504 e. The van der Waals surface area contributed by atoms with Gasteiger partial charge in [0, 0.05) is 26.2 Å². The van der Waals surface area contributed by atoms with Crippen molar-refractivity contribution in [1.29, 1.82) is 0 Å². The van der Waals surface area contributed by atoms with Crippen LogP contribution in [0.4, 0.5) is 4.39 Å². The van der Waals surface area contributed by atoms with Crippen molar-refractivity contribution in [3.63, 3.8) is 0 Å². The van der Waals surface area contributed by atoms with E-state index in [1.807, 2.05) is 0 Å². The number of benzene rings is 1. The van der Waals surface area contributed by atoms with Crippen LogP contribution < -0.4 is 5.32 Å². The summed E-state index contributed by atoms with van der Waals surface area (Å²) < 4.78 is 14.7. The number of halogens is 2. The van der Waals surface area contributed by atoms with Crippen LogP contribution in [0.15, 0.2) is 24.4 Å². The van der Waals surface area contributed by atoms with Crippen LogP contribution >= 0.6 is 12.4 Å². The first-order valence-corrected chi connectivity index (χ1v) is 8.08. The maximum Gasteiger partial charge on any atom is 0.278 e. The van der Waals surface area contributed by atoms with Crippen LogP contribution in [0, 0.1) is 24.6 Å². The number of hydrogen-bond acceptors (Lipinski definition) is 4. The van der Waals surface area contributed by atoms with Gasteiger partial charge in [-0.25, -0.2) is 9.07 Å². The molecular weight excluding hydrogens is 347 g/mol. The molecule has 8 heteroatoms. The van der Waals surface area contributed by atoms with Crippen molar-refractivity contribution >= 4 is 18.3 Å².